The van der Waals surface area contributed by atoms with Gasteiger partial charge in [-0.05, 0) is 49.6 Å². The van der Waals surface area contributed by atoms with Gasteiger partial charge in [-0.15, -0.1) is 0 Å². The molecule has 35 heavy (non-hydrogen) atoms. The Morgan fingerprint density at radius 3 is 2.74 bits per heavy atom. The highest BCUT2D eigenvalue weighted by Crippen LogP contribution is 2.29. The molecule has 1 amide bonds. The second-order valence-corrected chi connectivity index (χ2v) is 10.6. The van der Waals surface area contributed by atoms with Crippen LogP contribution in [0.25, 0.3) is 12.2 Å². The van der Waals surface area contributed by atoms with Crippen molar-refractivity contribution >= 4 is 39.7 Å². The van der Waals surface area contributed by atoms with Gasteiger partial charge in [0, 0.05) is 30.2 Å². The Balaban J connectivity index is 1.50. The molecule has 1 atom stereocenters. The van der Waals surface area contributed by atoms with E-state index in [9.17, 15) is 17.6 Å². The standard InChI is InChI=1S/C25H25ClFN3O4S/c1-17-24(23(34-29-17)13-12-18-7-3-5-11-22(18)27)35(32,33)30-14-6-9-20(16-30)25(31)28-15-19-8-2-4-10-21(19)26/h2-5,7-8,10-13,20H,6,9,14-16H2,1H3,(H,28,31)/b13-12+. The fourth-order valence-electron chi connectivity index (χ4n) is 4.05. The lowest BCUT2D eigenvalue weighted by Crippen LogP contribution is -2.45. The van der Waals surface area contributed by atoms with E-state index >= 15 is 0 Å². The molecule has 1 saturated heterocycles. The van der Waals surface area contributed by atoms with Gasteiger partial charge in [0.15, 0.2) is 10.7 Å². The monoisotopic (exact) mass is 517 g/mol. The number of nitrogens with zero attached hydrogens (tertiary/aromatic N) is 2. The summed E-state index contributed by atoms with van der Waals surface area (Å²) in [5, 5.41) is 7.24. The van der Waals surface area contributed by atoms with Crippen LogP contribution in [0.2, 0.25) is 5.02 Å². The van der Waals surface area contributed by atoms with Gasteiger partial charge in [-0.3, -0.25) is 4.79 Å². The second-order valence-electron chi connectivity index (χ2n) is 8.33. The number of carbonyl (C=O) groups is 1. The molecule has 2 aromatic carbocycles. The molecular formula is C25H25ClFN3O4S. The summed E-state index contributed by atoms with van der Waals surface area (Å²) in [7, 11) is -4.00. The number of carbonyl (C=O) groups excluding carboxylic acids is 1. The summed E-state index contributed by atoms with van der Waals surface area (Å²) in [6.45, 7) is 2.11. The van der Waals surface area contributed by atoms with E-state index in [1.807, 2.05) is 18.2 Å². The number of piperidine rings is 1. The van der Waals surface area contributed by atoms with E-state index in [-0.39, 0.29) is 47.5 Å². The topological polar surface area (TPSA) is 92.5 Å². The fourth-order valence-corrected chi connectivity index (χ4v) is 6.02. The second kappa shape index (κ2) is 10.7. The number of hydrogen-bond donors (Lipinski definition) is 1. The largest absolute Gasteiger partial charge is 0.355 e. The predicted octanol–water partition coefficient (Wildman–Crippen LogP) is 4.66. The molecule has 1 unspecified atom stereocenters. The Labute approximate surface area is 208 Å². The third-order valence-electron chi connectivity index (χ3n) is 5.92. The third-order valence-corrected chi connectivity index (χ3v) is 8.31. The van der Waals surface area contributed by atoms with Gasteiger partial charge in [0.25, 0.3) is 0 Å². The molecule has 7 nitrogen and oxygen atoms in total. The Morgan fingerprint density at radius 1 is 1.23 bits per heavy atom. The van der Waals surface area contributed by atoms with Gasteiger partial charge in [0.1, 0.15) is 11.5 Å². The van der Waals surface area contributed by atoms with Crippen molar-refractivity contribution in [3.05, 3.63) is 82.0 Å². The van der Waals surface area contributed by atoms with Crippen molar-refractivity contribution in [1.82, 2.24) is 14.8 Å². The lowest BCUT2D eigenvalue weighted by Gasteiger charge is -2.31. The highest BCUT2D eigenvalue weighted by Gasteiger charge is 2.36. The zero-order valence-corrected chi connectivity index (χ0v) is 20.7. The highest BCUT2D eigenvalue weighted by molar-refractivity contribution is 7.89. The van der Waals surface area contributed by atoms with Crippen LogP contribution in [0.1, 0.15) is 35.4 Å². The summed E-state index contributed by atoms with van der Waals surface area (Å²) in [6.07, 6.45) is 3.94. The first-order valence-electron chi connectivity index (χ1n) is 11.2. The van der Waals surface area contributed by atoms with Crippen molar-refractivity contribution in [2.45, 2.75) is 31.2 Å². The molecular weight excluding hydrogens is 493 g/mol. The maximum absolute atomic E-state index is 14.0. The first-order valence-corrected chi connectivity index (χ1v) is 13.0. The molecule has 1 N–H and O–H groups in total. The van der Waals surface area contributed by atoms with Crippen molar-refractivity contribution in [3.8, 4) is 0 Å². The van der Waals surface area contributed by atoms with E-state index in [0.29, 0.717) is 17.9 Å². The van der Waals surface area contributed by atoms with Crippen LogP contribution < -0.4 is 5.32 Å². The number of aromatic nitrogens is 1. The average molecular weight is 518 g/mol. The van der Waals surface area contributed by atoms with E-state index in [1.165, 1.54) is 29.4 Å². The first-order chi connectivity index (χ1) is 16.8. The van der Waals surface area contributed by atoms with Crippen LogP contribution in [0.3, 0.4) is 0 Å². The maximum atomic E-state index is 14.0. The summed E-state index contributed by atoms with van der Waals surface area (Å²) in [5.74, 6) is -1.16. The molecule has 3 aromatic rings. The van der Waals surface area contributed by atoms with E-state index in [4.69, 9.17) is 16.1 Å². The molecule has 4 rings (SSSR count). The van der Waals surface area contributed by atoms with Crippen LogP contribution in [0.4, 0.5) is 4.39 Å². The van der Waals surface area contributed by atoms with Crippen LogP contribution in [-0.2, 0) is 21.4 Å². The van der Waals surface area contributed by atoms with Crippen LogP contribution in [0.5, 0.6) is 0 Å². The predicted molar refractivity (Wildman–Crippen MR) is 131 cm³/mol. The van der Waals surface area contributed by atoms with E-state index < -0.39 is 21.8 Å². The van der Waals surface area contributed by atoms with Crippen molar-refractivity contribution in [2.75, 3.05) is 13.1 Å². The SMILES string of the molecule is Cc1noc(/C=C/c2ccccc2F)c1S(=O)(=O)N1CCCC(C(=O)NCc2ccccc2Cl)C1. The normalized spacial score (nSPS) is 17.1. The maximum Gasteiger partial charge on any atom is 0.248 e. The van der Waals surface area contributed by atoms with Crippen molar-refractivity contribution in [1.29, 1.82) is 0 Å². The smallest absolute Gasteiger partial charge is 0.248 e. The van der Waals surface area contributed by atoms with E-state index in [2.05, 4.69) is 10.5 Å². The lowest BCUT2D eigenvalue weighted by molar-refractivity contribution is -0.126. The summed E-state index contributed by atoms with van der Waals surface area (Å²) in [6, 6.07) is 13.3. The van der Waals surface area contributed by atoms with Crippen LogP contribution in [0.15, 0.2) is 57.9 Å². The first kappa shape index (κ1) is 25.1. The van der Waals surface area contributed by atoms with Gasteiger partial charge < -0.3 is 9.84 Å². The Morgan fingerprint density at radius 2 is 1.97 bits per heavy atom. The summed E-state index contributed by atoms with van der Waals surface area (Å²) in [4.78, 5) is 12.7. The van der Waals surface area contributed by atoms with Gasteiger partial charge >= 0.3 is 0 Å². The van der Waals surface area contributed by atoms with Gasteiger partial charge in [-0.1, -0.05) is 53.2 Å². The van der Waals surface area contributed by atoms with Crippen molar-refractivity contribution < 1.29 is 22.1 Å². The van der Waals surface area contributed by atoms with E-state index in [1.54, 1.807) is 24.3 Å². The molecule has 1 aromatic heterocycles. The zero-order valence-electron chi connectivity index (χ0n) is 19.1. The molecule has 0 spiro atoms. The number of nitrogens with one attached hydrogen (secondary N) is 1. The minimum absolute atomic E-state index is 0.0102. The van der Waals surface area contributed by atoms with Gasteiger partial charge in [-0.25, -0.2) is 12.8 Å². The molecule has 10 heteroatoms. The number of rotatable bonds is 7. The molecule has 1 aliphatic rings. The van der Waals surface area contributed by atoms with Gasteiger partial charge in [0.2, 0.25) is 15.9 Å². The third kappa shape index (κ3) is 5.63. The minimum Gasteiger partial charge on any atom is -0.355 e. The Hall–Kier alpha value is -3.01. The molecule has 0 bridgehead atoms. The molecule has 2 heterocycles. The number of sulfonamides is 1. The molecule has 184 valence electrons. The molecule has 0 saturated carbocycles. The van der Waals surface area contributed by atoms with Gasteiger partial charge in [0.05, 0.1) is 5.92 Å². The fraction of sp³-hybridized carbons (Fsp3) is 0.280. The minimum atomic E-state index is -4.00. The van der Waals surface area contributed by atoms with Crippen LogP contribution in [-0.4, -0.2) is 36.9 Å². The van der Waals surface area contributed by atoms with E-state index in [0.717, 1.165) is 5.56 Å². The molecule has 1 aliphatic heterocycles. The Bertz CT molecular complexity index is 1360. The Kier molecular flexibility index (Phi) is 7.69. The average Bonchev–Trinajstić information content (AvgIpc) is 3.24. The van der Waals surface area contributed by atoms with Gasteiger partial charge in [-0.2, -0.15) is 4.31 Å². The number of amides is 1. The molecule has 1 fully saturated rings. The highest BCUT2D eigenvalue weighted by atomic mass is 35.5. The van der Waals surface area contributed by atoms with Crippen molar-refractivity contribution in [3.63, 3.8) is 0 Å². The van der Waals surface area contributed by atoms with Crippen molar-refractivity contribution in [2.24, 2.45) is 5.92 Å². The summed E-state index contributed by atoms with van der Waals surface area (Å²) < 4.78 is 47.6. The summed E-state index contributed by atoms with van der Waals surface area (Å²) in [5.41, 5.74) is 1.27. The number of aryl methyl sites for hydroxylation is 1. The van der Waals surface area contributed by atoms with Crippen LogP contribution >= 0.6 is 11.6 Å². The quantitative estimate of drug-likeness (QED) is 0.492. The number of hydrogen-bond acceptors (Lipinski definition) is 5. The molecule has 0 aliphatic carbocycles. The number of halogens is 2. The lowest BCUT2D eigenvalue weighted by atomic mass is 9.99. The molecule has 0 radical (unpaired) electrons. The number of benzene rings is 2. The summed E-state index contributed by atoms with van der Waals surface area (Å²) >= 11 is 6.16. The van der Waals surface area contributed by atoms with Crippen LogP contribution in [0, 0.1) is 18.7 Å². The zero-order chi connectivity index (χ0) is 25.0.